The number of rotatable bonds is 9. The molecule has 1 N–H and O–H groups in total. The van der Waals surface area contributed by atoms with Gasteiger partial charge >= 0.3 is 12.1 Å². The molecule has 0 radical (unpaired) electrons. The molecule has 3 aromatic carbocycles. The van der Waals surface area contributed by atoms with E-state index in [-0.39, 0.29) is 23.9 Å². The van der Waals surface area contributed by atoms with Crippen LogP contribution in [0.3, 0.4) is 0 Å². The molecule has 0 bridgehead atoms. The Morgan fingerprint density at radius 1 is 0.892 bits per heavy atom. The molecule has 1 amide bonds. The predicted octanol–water partition coefficient (Wildman–Crippen LogP) is 6.18. The number of hydrogen-bond acceptors (Lipinski definition) is 6. The molecule has 194 valence electrons. The van der Waals surface area contributed by atoms with Gasteiger partial charge in [0.1, 0.15) is 25.0 Å². The summed E-state index contributed by atoms with van der Waals surface area (Å²) in [5.41, 5.74) is 5.42. The average Bonchev–Trinajstić information content (AvgIpc) is 3.22. The minimum Gasteiger partial charge on any atom is -0.497 e. The first-order valence-electron chi connectivity index (χ1n) is 12.3. The van der Waals surface area contributed by atoms with Crippen molar-refractivity contribution in [3.63, 3.8) is 0 Å². The van der Waals surface area contributed by atoms with Crippen LogP contribution in [-0.2, 0) is 20.9 Å². The number of thioether (sulfide) groups is 1. The third-order valence-electron chi connectivity index (χ3n) is 6.14. The van der Waals surface area contributed by atoms with Crippen LogP contribution in [0.2, 0.25) is 0 Å². The Balaban J connectivity index is 1.39. The SMILES string of the molecule is COc1ccc(COC(=O)[C@H](CSC(C)(C)C)NC(=O)OCC2c3ccccc3-c3ccccc32)cc1. The Hall–Kier alpha value is -3.45. The number of carbonyl (C=O) groups excluding carboxylic acids is 2. The Morgan fingerprint density at radius 3 is 2.05 bits per heavy atom. The zero-order valence-corrected chi connectivity index (χ0v) is 22.5. The fourth-order valence-electron chi connectivity index (χ4n) is 4.26. The quantitative estimate of drug-likeness (QED) is 0.341. The third kappa shape index (κ3) is 6.86. The number of fused-ring (bicyclic) bond motifs is 3. The van der Waals surface area contributed by atoms with Crippen LogP contribution < -0.4 is 10.1 Å². The van der Waals surface area contributed by atoms with Crippen molar-refractivity contribution in [1.29, 1.82) is 0 Å². The maximum atomic E-state index is 12.9. The molecule has 1 aliphatic carbocycles. The van der Waals surface area contributed by atoms with Gasteiger partial charge in [0, 0.05) is 16.4 Å². The highest BCUT2D eigenvalue weighted by Gasteiger charge is 2.30. The number of esters is 1. The van der Waals surface area contributed by atoms with Crippen LogP contribution in [0.1, 0.15) is 43.4 Å². The van der Waals surface area contributed by atoms with E-state index in [1.165, 1.54) is 0 Å². The van der Waals surface area contributed by atoms with Crippen LogP contribution >= 0.6 is 11.8 Å². The molecule has 0 saturated heterocycles. The van der Waals surface area contributed by atoms with Crippen LogP contribution in [0.5, 0.6) is 5.75 Å². The van der Waals surface area contributed by atoms with E-state index < -0.39 is 18.1 Å². The average molecular weight is 520 g/mol. The summed E-state index contributed by atoms with van der Waals surface area (Å²) in [6.45, 7) is 6.46. The Morgan fingerprint density at radius 2 is 1.49 bits per heavy atom. The van der Waals surface area contributed by atoms with E-state index in [1.54, 1.807) is 18.9 Å². The number of alkyl carbamates (subject to hydrolysis) is 1. The molecule has 0 aromatic heterocycles. The Bertz CT molecular complexity index is 1190. The zero-order chi connectivity index (χ0) is 26.4. The summed E-state index contributed by atoms with van der Waals surface area (Å²) >= 11 is 1.58. The first-order valence-corrected chi connectivity index (χ1v) is 13.3. The van der Waals surface area contributed by atoms with Gasteiger partial charge < -0.3 is 19.5 Å². The van der Waals surface area contributed by atoms with Crippen LogP contribution in [0.4, 0.5) is 4.79 Å². The van der Waals surface area contributed by atoms with Gasteiger partial charge in [-0.25, -0.2) is 9.59 Å². The summed E-state index contributed by atoms with van der Waals surface area (Å²) in [6.07, 6.45) is -0.636. The van der Waals surface area contributed by atoms with Gasteiger partial charge in [-0.05, 0) is 39.9 Å². The highest BCUT2D eigenvalue weighted by molar-refractivity contribution is 8.00. The zero-order valence-electron chi connectivity index (χ0n) is 21.7. The molecular formula is C30H33NO5S. The lowest BCUT2D eigenvalue weighted by atomic mass is 9.98. The number of amides is 1. The summed E-state index contributed by atoms with van der Waals surface area (Å²) in [6, 6.07) is 22.8. The molecule has 0 unspecified atom stereocenters. The number of ether oxygens (including phenoxy) is 3. The number of nitrogens with one attached hydrogen (secondary N) is 1. The molecular weight excluding hydrogens is 486 g/mol. The topological polar surface area (TPSA) is 73.9 Å². The number of methoxy groups -OCH3 is 1. The minimum atomic E-state index is -0.835. The highest BCUT2D eigenvalue weighted by Crippen LogP contribution is 2.44. The molecule has 1 atom stereocenters. The standard InChI is InChI=1S/C30H33NO5S/c1-30(2,3)37-19-27(28(32)35-17-20-13-15-21(34-4)16-14-20)31-29(33)36-18-26-24-11-7-5-9-22(24)23-10-6-8-12-25(23)26/h5-16,26-27H,17-19H2,1-4H3,(H,31,33)/t27-/m0/s1. The van der Waals surface area contributed by atoms with Gasteiger partial charge in [0.05, 0.1) is 7.11 Å². The predicted molar refractivity (Wildman–Crippen MR) is 147 cm³/mol. The molecule has 1 aliphatic rings. The van der Waals surface area contributed by atoms with E-state index in [0.29, 0.717) is 5.75 Å². The van der Waals surface area contributed by atoms with Crippen LogP contribution in [-0.4, -0.2) is 42.3 Å². The molecule has 6 nitrogen and oxygen atoms in total. The molecule has 7 heteroatoms. The van der Waals surface area contributed by atoms with Gasteiger partial charge in [-0.3, -0.25) is 0 Å². The van der Waals surface area contributed by atoms with Gasteiger partial charge in [-0.15, -0.1) is 0 Å². The maximum absolute atomic E-state index is 12.9. The van der Waals surface area contributed by atoms with Crippen LogP contribution in [0, 0.1) is 0 Å². The number of hydrogen-bond donors (Lipinski definition) is 1. The summed E-state index contributed by atoms with van der Waals surface area (Å²) in [5, 5.41) is 2.74. The summed E-state index contributed by atoms with van der Waals surface area (Å²) < 4.78 is 16.3. The second-order valence-electron chi connectivity index (χ2n) is 9.90. The normalized spacial score (nSPS) is 13.3. The summed E-state index contributed by atoms with van der Waals surface area (Å²) in [4.78, 5) is 25.8. The highest BCUT2D eigenvalue weighted by atomic mass is 32.2. The minimum absolute atomic E-state index is 0.0532. The van der Waals surface area contributed by atoms with Crippen molar-refractivity contribution >= 4 is 23.8 Å². The van der Waals surface area contributed by atoms with E-state index in [4.69, 9.17) is 14.2 Å². The van der Waals surface area contributed by atoms with Crippen molar-refractivity contribution < 1.29 is 23.8 Å². The molecule has 0 saturated carbocycles. The Labute approximate surface area is 222 Å². The van der Waals surface area contributed by atoms with E-state index >= 15 is 0 Å². The molecule has 0 fully saturated rings. The smallest absolute Gasteiger partial charge is 0.407 e. The van der Waals surface area contributed by atoms with E-state index in [9.17, 15) is 9.59 Å². The van der Waals surface area contributed by atoms with Gasteiger partial charge in [0.2, 0.25) is 0 Å². The van der Waals surface area contributed by atoms with E-state index in [1.807, 2.05) is 48.5 Å². The van der Waals surface area contributed by atoms with Gasteiger partial charge in [-0.1, -0.05) is 81.4 Å². The Kier molecular flexibility index (Phi) is 8.44. The lowest BCUT2D eigenvalue weighted by Gasteiger charge is -2.23. The van der Waals surface area contributed by atoms with Crippen molar-refractivity contribution in [3.05, 3.63) is 89.5 Å². The molecule has 0 aliphatic heterocycles. The van der Waals surface area contributed by atoms with Crippen LogP contribution in [0.25, 0.3) is 11.1 Å². The van der Waals surface area contributed by atoms with Gasteiger partial charge in [0.25, 0.3) is 0 Å². The largest absolute Gasteiger partial charge is 0.497 e. The van der Waals surface area contributed by atoms with Crippen molar-refractivity contribution in [1.82, 2.24) is 5.32 Å². The molecule has 37 heavy (non-hydrogen) atoms. The molecule has 4 rings (SSSR count). The fraction of sp³-hybridized carbons (Fsp3) is 0.333. The second-order valence-corrected chi connectivity index (χ2v) is 11.7. The fourth-order valence-corrected chi connectivity index (χ4v) is 5.15. The molecule has 0 spiro atoms. The van der Waals surface area contributed by atoms with Gasteiger partial charge in [0.15, 0.2) is 0 Å². The van der Waals surface area contributed by atoms with E-state index in [2.05, 4.69) is 50.4 Å². The first kappa shape index (κ1) is 26.6. The second kappa shape index (κ2) is 11.7. The van der Waals surface area contributed by atoms with Crippen LogP contribution in [0.15, 0.2) is 72.8 Å². The van der Waals surface area contributed by atoms with Crippen molar-refractivity contribution in [2.45, 2.75) is 44.1 Å². The third-order valence-corrected chi connectivity index (χ3v) is 7.51. The van der Waals surface area contributed by atoms with Crippen molar-refractivity contribution in [3.8, 4) is 16.9 Å². The summed E-state index contributed by atoms with van der Waals surface area (Å²) in [5.74, 6) is 0.546. The monoisotopic (exact) mass is 519 g/mol. The van der Waals surface area contributed by atoms with Gasteiger partial charge in [-0.2, -0.15) is 11.8 Å². The molecule has 3 aromatic rings. The lowest BCUT2D eigenvalue weighted by Crippen LogP contribution is -2.44. The number of carbonyl (C=O) groups is 2. The first-order chi connectivity index (χ1) is 17.7. The van der Waals surface area contributed by atoms with Crippen molar-refractivity contribution in [2.75, 3.05) is 19.5 Å². The number of benzene rings is 3. The van der Waals surface area contributed by atoms with Crippen molar-refractivity contribution in [2.24, 2.45) is 0 Å². The maximum Gasteiger partial charge on any atom is 0.407 e. The molecule has 0 heterocycles. The summed E-state index contributed by atoms with van der Waals surface area (Å²) in [7, 11) is 1.60. The lowest BCUT2D eigenvalue weighted by molar-refractivity contribution is -0.146. The van der Waals surface area contributed by atoms with E-state index in [0.717, 1.165) is 33.6 Å².